The van der Waals surface area contributed by atoms with Gasteiger partial charge in [-0.2, -0.15) is 0 Å². The van der Waals surface area contributed by atoms with Gasteiger partial charge in [0.25, 0.3) is 0 Å². The van der Waals surface area contributed by atoms with Crippen molar-refractivity contribution in [1.82, 2.24) is 5.32 Å². The van der Waals surface area contributed by atoms with E-state index in [2.05, 4.69) is 18.3 Å². The topological polar surface area (TPSA) is 66.5 Å². The van der Waals surface area contributed by atoms with Crippen molar-refractivity contribution in [2.45, 2.75) is 60.0 Å². The van der Waals surface area contributed by atoms with Crippen molar-refractivity contribution in [3.63, 3.8) is 0 Å². The highest BCUT2D eigenvalue weighted by Crippen LogP contribution is 2.25. The number of benzene rings is 2. The number of nitrogens with one attached hydrogen (secondary N) is 1. The van der Waals surface area contributed by atoms with E-state index in [0.717, 1.165) is 28.5 Å². The lowest BCUT2D eigenvalue weighted by Gasteiger charge is -2.30. The van der Waals surface area contributed by atoms with Gasteiger partial charge in [0.2, 0.25) is 15.9 Å². The molecule has 0 bridgehead atoms. The Morgan fingerprint density at radius 3 is 2.07 bits per heavy atom. The lowest BCUT2D eigenvalue weighted by atomic mass is 9.99. The lowest BCUT2D eigenvalue weighted by molar-refractivity contribution is -0.122. The first kappa shape index (κ1) is 22.9. The Morgan fingerprint density at radius 1 is 1.00 bits per heavy atom. The van der Waals surface area contributed by atoms with Crippen LogP contribution in [-0.2, 0) is 14.8 Å². The zero-order valence-corrected chi connectivity index (χ0v) is 19.2. The molecule has 0 aromatic heterocycles. The fraction of sp³-hybridized carbons (Fsp3) is 0.435. The molecule has 2 aromatic carbocycles. The van der Waals surface area contributed by atoms with Crippen molar-refractivity contribution in [2.75, 3.05) is 10.6 Å². The fourth-order valence-electron chi connectivity index (χ4n) is 3.58. The number of amides is 1. The van der Waals surface area contributed by atoms with Gasteiger partial charge >= 0.3 is 0 Å². The molecule has 5 nitrogen and oxygen atoms in total. The molecule has 6 heteroatoms. The second-order valence-corrected chi connectivity index (χ2v) is 9.75. The number of rotatable bonds is 7. The number of hydrogen-bond acceptors (Lipinski definition) is 3. The largest absolute Gasteiger partial charge is 0.347 e. The molecule has 0 aliphatic heterocycles. The van der Waals surface area contributed by atoms with Crippen LogP contribution in [0.4, 0.5) is 5.69 Å². The quantitative estimate of drug-likeness (QED) is 0.730. The summed E-state index contributed by atoms with van der Waals surface area (Å²) in [5, 5.41) is 3.04. The Labute approximate surface area is 175 Å². The first-order chi connectivity index (χ1) is 13.4. The van der Waals surface area contributed by atoms with Crippen LogP contribution >= 0.6 is 0 Å². The van der Waals surface area contributed by atoms with Crippen LogP contribution in [0.2, 0.25) is 0 Å². The minimum absolute atomic E-state index is 0.176. The van der Waals surface area contributed by atoms with Crippen LogP contribution in [0.25, 0.3) is 0 Å². The summed E-state index contributed by atoms with van der Waals surface area (Å²) >= 11 is 0. The molecular formula is C23H32N2O3S. The molecule has 158 valence electrons. The molecule has 0 heterocycles. The first-order valence-electron chi connectivity index (χ1n) is 9.89. The Kier molecular flexibility index (Phi) is 7.11. The number of carbonyl (C=O) groups is 1. The van der Waals surface area contributed by atoms with Gasteiger partial charge in [-0.1, -0.05) is 31.2 Å². The molecular weight excluding hydrogens is 384 g/mol. The maximum Gasteiger partial charge on any atom is 0.244 e. The third-order valence-electron chi connectivity index (χ3n) is 5.21. The minimum atomic E-state index is -3.64. The highest BCUT2D eigenvalue weighted by Gasteiger charge is 2.30. The fourth-order valence-corrected chi connectivity index (χ4v) is 4.74. The standard InChI is InChI=1S/C23H32N2O3S/c1-8-22(20-10-9-17(4)18(5)14-20)24-23(26)19(6)25(29(7,27)28)21-12-15(2)11-16(3)13-21/h9-14,19,22H,8H2,1-7H3,(H,24,26)/t19-,22+/m1/s1. The maximum absolute atomic E-state index is 13.1. The summed E-state index contributed by atoms with van der Waals surface area (Å²) in [5.74, 6) is -0.320. The van der Waals surface area contributed by atoms with E-state index in [1.165, 1.54) is 9.87 Å². The van der Waals surface area contributed by atoms with Crippen LogP contribution in [0.15, 0.2) is 36.4 Å². The summed E-state index contributed by atoms with van der Waals surface area (Å²) < 4.78 is 26.3. The van der Waals surface area contributed by atoms with E-state index in [1.807, 2.05) is 45.9 Å². The predicted octanol–water partition coefficient (Wildman–Crippen LogP) is 4.34. The van der Waals surface area contributed by atoms with Crippen LogP contribution in [0, 0.1) is 27.7 Å². The van der Waals surface area contributed by atoms with Crippen LogP contribution in [0.1, 0.15) is 54.1 Å². The third kappa shape index (κ3) is 5.60. The summed E-state index contributed by atoms with van der Waals surface area (Å²) in [6, 6.07) is 10.6. The Balaban J connectivity index is 2.34. The van der Waals surface area contributed by atoms with E-state index in [0.29, 0.717) is 12.1 Å². The smallest absolute Gasteiger partial charge is 0.244 e. The van der Waals surface area contributed by atoms with Crippen LogP contribution in [0.3, 0.4) is 0 Å². The van der Waals surface area contributed by atoms with E-state index < -0.39 is 16.1 Å². The lowest BCUT2D eigenvalue weighted by Crippen LogP contribution is -2.48. The van der Waals surface area contributed by atoms with Gasteiger partial charge in [0.1, 0.15) is 6.04 Å². The van der Waals surface area contributed by atoms with Crippen molar-refractivity contribution in [3.05, 3.63) is 64.2 Å². The van der Waals surface area contributed by atoms with Gasteiger partial charge in [0.15, 0.2) is 0 Å². The van der Waals surface area contributed by atoms with Gasteiger partial charge in [-0.3, -0.25) is 9.10 Å². The zero-order valence-electron chi connectivity index (χ0n) is 18.4. The molecule has 0 fully saturated rings. The molecule has 2 atom stereocenters. The monoisotopic (exact) mass is 416 g/mol. The van der Waals surface area contributed by atoms with Gasteiger partial charge in [-0.25, -0.2) is 8.42 Å². The number of sulfonamides is 1. The average Bonchev–Trinajstić information content (AvgIpc) is 2.60. The normalized spacial score (nSPS) is 13.6. The number of nitrogens with zero attached hydrogens (tertiary/aromatic N) is 1. The van der Waals surface area contributed by atoms with Crippen molar-refractivity contribution < 1.29 is 13.2 Å². The molecule has 29 heavy (non-hydrogen) atoms. The van der Waals surface area contributed by atoms with Crippen molar-refractivity contribution in [2.24, 2.45) is 0 Å². The Hall–Kier alpha value is -2.34. The SMILES string of the molecule is CC[C@H](NC(=O)[C@@H](C)N(c1cc(C)cc(C)c1)S(C)(=O)=O)c1ccc(C)c(C)c1. The van der Waals surface area contributed by atoms with Crippen LogP contribution in [-0.4, -0.2) is 26.6 Å². The summed E-state index contributed by atoms with van der Waals surface area (Å²) in [6.45, 7) is 11.5. The molecule has 1 amide bonds. The Bertz CT molecular complexity index is 979. The van der Waals surface area contributed by atoms with E-state index in [9.17, 15) is 13.2 Å². The summed E-state index contributed by atoms with van der Waals surface area (Å²) in [5.41, 5.74) is 5.78. The van der Waals surface area contributed by atoms with Gasteiger partial charge in [-0.15, -0.1) is 0 Å². The van der Waals surface area contributed by atoms with Gasteiger partial charge < -0.3 is 5.32 Å². The molecule has 0 aliphatic rings. The second-order valence-electron chi connectivity index (χ2n) is 7.89. The minimum Gasteiger partial charge on any atom is -0.347 e. The summed E-state index contributed by atoms with van der Waals surface area (Å²) in [6.07, 6.45) is 1.85. The molecule has 0 saturated heterocycles. The third-order valence-corrected chi connectivity index (χ3v) is 6.45. The highest BCUT2D eigenvalue weighted by molar-refractivity contribution is 7.92. The summed E-state index contributed by atoms with van der Waals surface area (Å²) in [7, 11) is -3.64. The van der Waals surface area contributed by atoms with Crippen LogP contribution in [0.5, 0.6) is 0 Å². The number of hydrogen-bond donors (Lipinski definition) is 1. The van der Waals surface area contributed by atoms with Gasteiger partial charge in [0, 0.05) is 0 Å². The molecule has 0 unspecified atom stereocenters. The summed E-state index contributed by atoms with van der Waals surface area (Å²) in [4.78, 5) is 13.1. The second kappa shape index (κ2) is 8.99. The van der Waals surface area contributed by atoms with Crippen molar-refractivity contribution >= 4 is 21.6 Å². The van der Waals surface area contributed by atoms with Gasteiger partial charge in [-0.05, 0) is 81.0 Å². The maximum atomic E-state index is 13.1. The first-order valence-corrected chi connectivity index (χ1v) is 11.7. The molecule has 0 radical (unpaired) electrons. The molecule has 0 spiro atoms. The molecule has 0 aliphatic carbocycles. The number of carbonyl (C=O) groups excluding carboxylic acids is 1. The molecule has 0 saturated carbocycles. The highest BCUT2D eigenvalue weighted by atomic mass is 32.2. The van der Waals surface area contributed by atoms with Crippen molar-refractivity contribution in [3.8, 4) is 0 Å². The molecule has 1 N–H and O–H groups in total. The van der Waals surface area contributed by atoms with E-state index in [1.54, 1.807) is 19.1 Å². The average molecular weight is 417 g/mol. The van der Waals surface area contributed by atoms with Crippen LogP contribution < -0.4 is 9.62 Å². The Morgan fingerprint density at radius 2 is 1.59 bits per heavy atom. The predicted molar refractivity (Wildman–Crippen MR) is 120 cm³/mol. The van der Waals surface area contributed by atoms with E-state index in [-0.39, 0.29) is 11.9 Å². The number of anilines is 1. The molecule has 2 aromatic rings. The number of aryl methyl sites for hydroxylation is 4. The van der Waals surface area contributed by atoms with Gasteiger partial charge in [0.05, 0.1) is 18.0 Å². The molecule has 2 rings (SSSR count). The zero-order chi connectivity index (χ0) is 21.9. The van der Waals surface area contributed by atoms with Crippen molar-refractivity contribution in [1.29, 1.82) is 0 Å². The van der Waals surface area contributed by atoms with E-state index in [4.69, 9.17) is 0 Å². The van der Waals surface area contributed by atoms with E-state index >= 15 is 0 Å².